The second-order valence-corrected chi connectivity index (χ2v) is 5.21. The summed E-state index contributed by atoms with van der Waals surface area (Å²) in [6.45, 7) is 1.63. The van der Waals surface area contributed by atoms with Crippen molar-refractivity contribution in [3.05, 3.63) is 59.1 Å². The van der Waals surface area contributed by atoms with Gasteiger partial charge in [0, 0.05) is 10.7 Å². The van der Waals surface area contributed by atoms with E-state index in [0.717, 1.165) is 0 Å². The van der Waals surface area contributed by atoms with Crippen molar-refractivity contribution < 1.29 is 19.1 Å². The van der Waals surface area contributed by atoms with Crippen LogP contribution in [0.15, 0.2) is 48.5 Å². The van der Waals surface area contributed by atoms with Gasteiger partial charge in [0.05, 0.1) is 12.7 Å². The van der Waals surface area contributed by atoms with Crippen LogP contribution in [0, 0.1) is 0 Å². The van der Waals surface area contributed by atoms with Gasteiger partial charge in [0.1, 0.15) is 5.75 Å². The number of benzene rings is 2. The van der Waals surface area contributed by atoms with Crippen LogP contribution in [0.3, 0.4) is 0 Å². The number of anilines is 1. The normalized spacial score (nSPS) is 11.4. The molecular weight excluding hydrogens is 318 g/mol. The maximum Gasteiger partial charge on any atom is 0.337 e. The lowest BCUT2D eigenvalue weighted by atomic mass is 10.2. The van der Waals surface area contributed by atoms with Gasteiger partial charge in [-0.05, 0) is 49.4 Å². The number of ether oxygens (including phenoxy) is 2. The Morgan fingerprint density at radius 2 is 1.83 bits per heavy atom. The van der Waals surface area contributed by atoms with Gasteiger partial charge < -0.3 is 14.8 Å². The molecular formula is C17H16ClNO4. The number of esters is 1. The summed E-state index contributed by atoms with van der Waals surface area (Å²) in [5, 5.41) is 3.29. The fourth-order valence-electron chi connectivity index (χ4n) is 1.86. The molecule has 0 heterocycles. The quantitative estimate of drug-likeness (QED) is 0.850. The molecule has 0 fully saturated rings. The number of methoxy groups -OCH3 is 1. The summed E-state index contributed by atoms with van der Waals surface area (Å²) < 4.78 is 10.2. The van der Waals surface area contributed by atoms with Gasteiger partial charge in [0.25, 0.3) is 5.91 Å². The van der Waals surface area contributed by atoms with Crippen LogP contribution in [-0.2, 0) is 9.53 Å². The molecule has 5 nitrogen and oxygen atoms in total. The lowest BCUT2D eigenvalue weighted by Gasteiger charge is -2.15. The molecule has 0 radical (unpaired) electrons. The minimum Gasteiger partial charge on any atom is -0.481 e. The van der Waals surface area contributed by atoms with E-state index in [-0.39, 0.29) is 5.91 Å². The number of amides is 1. The van der Waals surface area contributed by atoms with Gasteiger partial charge in [0.15, 0.2) is 6.10 Å². The maximum atomic E-state index is 12.2. The largest absolute Gasteiger partial charge is 0.481 e. The lowest BCUT2D eigenvalue weighted by molar-refractivity contribution is -0.122. The number of carbonyl (C=O) groups excluding carboxylic acids is 2. The van der Waals surface area contributed by atoms with Crippen LogP contribution in [0.5, 0.6) is 5.75 Å². The van der Waals surface area contributed by atoms with Crippen molar-refractivity contribution in [1.82, 2.24) is 0 Å². The van der Waals surface area contributed by atoms with Crippen LogP contribution in [0.4, 0.5) is 5.69 Å². The fraction of sp³-hybridized carbons (Fsp3) is 0.176. The van der Waals surface area contributed by atoms with E-state index in [9.17, 15) is 9.59 Å². The van der Waals surface area contributed by atoms with Crippen LogP contribution in [-0.4, -0.2) is 25.1 Å². The molecule has 0 saturated heterocycles. The lowest BCUT2D eigenvalue weighted by Crippen LogP contribution is -2.30. The zero-order chi connectivity index (χ0) is 16.8. The number of hydrogen-bond donors (Lipinski definition) is 1. The molecule has 0 aliphatic rings. The Bertz CT molecular complexity index is 700. The van der Waals surface area contributed by atoms with E-state index in [1.165, 1.54) is 7.11 Å². The number of rotatable bonds is 5. The molecule has 2 aromatic carbocycles. The van der Waals surface area contributed by atoms with E-state index in [1.54, 1.807) is 55.5 Å². The Hall–Kier alpha value is -2.53. The van der Waals surface area contributed by atoms with Crippen molar-refractivity contribution in [3.8, 4) is 5.75 Å². The predicted octanol–water partition coefficient (Wildman–Crippen LogP) is 3.53. The first-order chi connectivity index (χ1) is 11.0. The summed E-state index contributed by atoms with van der Waals surface area (Å²) in [6, 6.07) is 13.2. The zero-order valence-electron chi connectivity index (χ0n) is 12.7. The van der Waals surface area contributed by atoms with Gasteiger partial charge in [-0.1, -0.05) is 17.7 Å². The molecule has 0 saturated carbocycles. The topological polar surface area (TPSA) is 64.6 Å². The minimum atomic E-state index is -0.710. The molecule has 6 heteroatoms. The predicted molar refractivity (Wildman–Crippen MR) is 88.0 cm³/mol. The van der Waals surface area contributed by atoms with Crippen LogP contribution >= 0.6 is 11.6 Å². The van der Waals surface area contributed by atoms with E-state index in [2.05, 4.69) is 10.1 Å². The van der Waals surface area contributed by atoms with Gasteiger partial charge in [-0.25, -0.2) is 4.79 Å². The monoisotopic (exact) mass is 333 g/mol. The molecule has 0 aromatic heterocycles. The molecule has 0 spiro atoms. The number of hydrogen-bond acceptors (Lipinski definition) is 4. The minimum absolute atomic E-state index is 0.332. The number of carbonyl (C=O) groups is 2. The van der Waals surface area contributed by atoms with Gasteiger partial charge >= 0.3 is 5.97 Å². The third kappa shape index (κ3) is 4.72. The van der Waals surface area contributed by atoms with Gasteiger partial charge in [0.2, 0.25) is 0 Å². The van der Waals surface area contributed by atoms with Crippen molar-refractivity contribution in [2.75, 3.05) is 12.4 Å². The van der Waals surface area contributed by atoms with Crippen LogP contribution < -0.4 is 10.1 Å². The Morgan fingerprint density at radius 3 is 2.48 bits per heavy atom. The molecule has 2 aromatic rings. The first kappa shape index (κ1) is 16.8. The number of halogens is 1. The molecule has 120 valence electrons. The second-order valence-electron chi connectivity index (χ2n) is 4.78. The van der Waals surface area contributed by atoms with Crippen LogP contribution in [0.1, 0.15) is 17.3 Å². The molecule has 0 unspecified atom stereocenters. The Kier molecular flexibility index (Phi) is 5.60. The summed E-state index contributed by atoms with van der Waals surface area (Å²) in [7, 11) is 1.30. The van der Waals surface area contributed by atoms with Crippen molar-refractivity contribution >= 4 is 29.2 Å². The summed E-state index contributed by atoms with van der Waals surface area (Å²) in [6.07, 6.45) is -0.710. The highest BCUT2D eigenvalue weighted by Crippen LogP contribution is 2.18. The summed E-state index contributed by atoms with van der Waals surface area (Å²) >= 11 is 5.80. The van der Waals surface area contributed by atoms with E-state index in [4.69, 9.17) is 16.3 Å². The third-order valence-electron chi connectivity index (χ3n) is 3.05. The van der Waals surface area contributed by atoms with Crippen LogP contribution in [0.2, 0.25) is 5.02 Å². The first-order valence-electron chi connectivity index (χ1n) is 6.91. The van der Waals surface area contributed by atoms with E-state index < -0.39 is 12.1 Å². The molecule has 1 atom stereocenters. The average Bonchev–Trinajstić information content (AvgIpc) is 2.56. The summed E-state index contributed by atoms with van der Waals surface area (Å²) in [4.78, 5) is 23.6. The molecule has 2 rings (SSSR count). The molecule has 0 bridgehead atoms. The Labute approximate surface area is 139 Å². The van der Waals surface area contributed by atoms with E-state index in [0.29, 0.717) is 22.0 Å². The molecule has 1 amide bonds. The second kappa shape index (κ2) is 7.65. The smallest absolute Gasteiger partial charge is 0.337 e. The summed E-state index contributed by atoms with van der Waals surface area (Å²) in [5.41, 5.74) is 0.848. The van der Waals surface area contributed by atoms with E-state index in [1.807, 2.05) is 0 Å². The van der Waals surface area contributed by atoms with Crippen molar-refractivity contribution in [3.63, 3.8) is 0 Å². The Morgan fingerprint density at radius 1 is 1.13 bits per heavy atom. The highest BCUT2D eigenvalue weighted by atomic mass is 35.5. The first-order valence-corrected chi connectivity index (χ1v) is 7.29. The SMILES string of the molecule is COC(=O)c1cccc(NC(=O)[C@@H](C)Oc2ccc(Cl)cc2)c1. The fourth-order valence-corrected chi connectivity index (χ4v) is 1.98. The summed E-state index contributed by atoms with van der Waals surface area (Å²) in [5.74, 6) is -0.256. The van der Waals surface area contributed by atoms with Crippen molar-refractivity contribution in [2.24, 2.45) is 0 Å². The maximum absolute atomic E-state index is 12.2. The highest BCUT2D eigenvalue weighted by Gasteiger charge is 2.15. The standard InChI is InChI=1S/C17H16ClNO4/c1-11(23-15-8-6-13(18)7-9-15)16(20)19-14-5-3-4-12(10-14)17(21)22-2/h3-11H,1-2H3,(H,19,20)/t11-/m1/s1. The zero-order valence-corrected chi connectivity index (χ0v) is 13.5. The van der Waals surface area contributed by atoms with Gasteiger partial charge in [-0.15, -0.1) is 0 Å². The van der Waals surface area contributed by atoms with Crippen molar-refractivity contribution in [2.45, 2.75) is 13.0 Å². The molecule has 0 aliphatic heterocycles. The highest BCUT2D eigenvalue weighted by molar-refractivity contribution is 6.30. The van der Waals surface area contributed by atoms with Gasteiger partial charge in [-0.2, -0.15) is 0 Å². The molecule has 1 N–H and O–H groups in total. The number of nitrogens with one attached hydrogen (secondary N) is 1. The molecule has 0 aliphatic carbocycles. The van der Waals surface area contributed by atoms with Gasteiger partial charge in [-0.3, -0.25) is 4.79 Å². The molecule has 23 heavy (non-hydrogen) atoms. The third-order valence-corrected chi connectivity index (χ3v) is 3.30. The van der Waals surface area contributed by atoms with Crippen LogP contribution in [0.25, 0.3) is 0 Å². The average molecular weight is 334 g/mol. The van der Waals surface area contributed by atoms with E-state index >= 15 is 0 Å². The Balaban J connectivity index is 2.00. The van der Waals surface area contributed by atoms with Crippen molar-refractivity contribution in [1.29, 1.82) is 0 Å².